The summed E-state index contributed by atoms with van der Waals surface area (Å²) in [6.07, 6.45) is 0. The Morgan fingerprint density at radius 1 is 0.316 bits per heavy atom. The number of hydrogen-bond acceptors (Lipinski definition) is 12. The number of fused-ring (bicyclic) bond motifs is 6. The van der Waals surface area contributed by atoms with Gasteiger partial charge >= 0.3 is 23.9 Å². The van der Waals surface area contributed by atoms with E-state index in [1.807, 2.05) is 249 Å². The summed E-state index contributed by atoms with van der Waals surface area (Å²) in [7, 11) is 0. The average molecular weight is 1480 g/mol. The standard InChI is InChI=1S/C98H62N8O8/c1-100-77-43-35-68(36-44-77)72-38-46-80(91(56-72)106-88-49-41-75(97(109)113-60-65-21-11-5-12-22-65)53-83(88)84-54-76(42-50-89(84)106)98(110)114-61-66-23-13-6-14-24-66)94-103-92(70-33-31-69(32-34-70)78-25-15-16-26-85(78)101-2)102-93(104-94)79-45-37-71(67-29-27-62(57-99)28-30-67)55-90(79)105-86-47-39-73(95(107)111-58-63-17-7-3-8-18-63)51-81(86)82-52-74(40-48-87(82)105)96(108)112-59-64-19-9-4-10-20-64/h3-56H,58-61H2. The molecule has 0 N–H and O–H groups in total. The zero-order chi connectivity index (χ0) is 77.6. The second-order valence-electron chi connectivity index (χ2n) is 27.2. The maximum atomic E-state index is 14.3. The van der Waals surface area contributed by atoms with Crippen molar-refractivity contribution in [2.75, 3.05) is 0 Å². The lowest BCUT2D eigenvalue weighted by Gasteiger charge is -2.18. The van der Waals surface area contributed by atoms with Gasteiger partial charge in [-0.2, -0.15) is 5.26 Å². The fourth-order valence-corrected chi connectivity index (χ4v) is 14.3. The molecule has 3 aromatic heterocycles. The largest absolute Gasteiger partial charge is 0.457 e. The summed E-state index contributed by atoms with van der Waals surface area (Å²) in [4.78, 5) is 81.4. The van der Waals surface area contributed by atoms with Crippen LogP contribution in [0.2, 0.25) is 0 Å². The summed E-state index contributed by atoms with van der Waals surface area (Å²) in [5, 5.41) is 12.4. The van der Waals surface area contributed by atoms with E-state index >= 15 is 0 Å². The minimum absolute atomic E-state index is 0.0321. The molecular formula is C98H62N8O8. The summed E-state index contributed by atoms with van der Waals surface area (Å²) >= 11 is 0. The smallest absolute Gasteiger partial charge is 0.338 e. The number of esters is 4. The van der Waals surface area contributed by atoms with Crippen molar-refractivity contribution >= 4 is 78.9 Å². The molecule has 0 amide bonds. The van der Waals surface area contributed by atoms with Gasteiger partial charge in [-0.3, -0.25) is 0 Å². The Labute approximate surface area is 654 Å². The summed E-state index contributed by atoms with van der Waals surface area (Å²) < 4.78 is 28.0. The van der Waals surface area contributed by atoms with E-state index in [4.69, 9.17) is 47.0 Å². The highest BCUT2D eigenvalue weighted by Crippen LogP contribution is 2.44. The van der Waals surface area contributed by atoms with E-state index in [-0.39, 0.29) is 66.2 Å². The number of ether oxygens (including phenoxy) is 4. The van der Waals surface area contributed by atoms with Crippen LogP contribution in [0.1, 0.15) is 69.2 Å². The number of carbonyl (C=O) groups is 4. The molecule has 0 aliphatic rings. The first-order chi connectivity index (χ1) is 56.0. The summed E-state index contributed by atoms with van der Waals surface area (Å²) in [5.41, 5.74) is 15.7. The minimum Gasteiger partial charge on any atom is -0.457 e. The third kappa shape index (κ3) is 14.4. The van der Waals surface area contributed by atoms with Gasteiger partial charge in [0.2, 0.25) is 0 Å². The van der Waals surface area contributed by atoms with Crippen LogP contribution in [0.3, 0.4) is 0 Å². The first kappa shape index (κ1) is 71.0. The molecule has 0 aliphatic carbocycles. The van der Waals surface area contributed by atoms with Crippen LogP contribution in [0.5, 0.6) is 0 Å². The van der Waals surface area contributed by atoms with E-state index in [0.717, 1.165) is 55.6 Å². The van der Waals surface area contributed by atoms with Crippen LogP contribution in [0, 0.1) is 24.5 Å². The Morgan fingerprint density at radius 3 is 1.00 bits per heavy atom. The van der Waals surface area contributed by atoms with E-state index in [9.17, 15) is 24.4 Å². The van der Waals surface area contributed by atoms with Crippen molar-refractivity contribution in [3.8, 4) is 85.0 Å². The third-order valence-electron chi connectivity index (χ3n) is 20.1. The molecule has 542 valence electrons. The van der Waals surface area contributed by atoms with Crippen LogP contribution in [-0.2, 0) is 45.4 Å². The molecule has 0 radical (unpaired) electrons. The lowest BCUT2D eigenvalue weighted by molar-refractivity contribution is 0.0464. The van der Waals surface area contributed by atoms with Gasteiger partial charge in [0.05, 0.1) is 80.5 Å². The van der Waals surface area contributed by atoms with E-state index in [0.29, 0.717) is 88.6 Å². The van der Waals surface area contributed by atoms with Crippen molar-refractivity contribution in [3.05, 3.63) is 400 Å². The zero-order valence-electron chi connectivity index (χ0n) is 60.8. The normalized spacial score (nSPS) is 11.1. The Morgan fingerprint density at radius 2 is 0.640 bits per heavy atom. The van der Waals surface area contributed by atoms with Crippen molar-refractivity contribution in [2.24, 2.45) is 0 Å². The molecule has 17 aromatic rings. The number of benzene rings is 14. The van der Waals surface area contributed by atoms with Gasteiger partial charge in [0.1, 0.15) is 26.4 Å². The number of rotatable bonds is 20. The molecule has 16 nitrogen and oxygen atoms in total. The summed E-state index contributed by atoms with van der Waals surface area (Å²) in [6.45, 7) is 16.1. The molecule has 14 aromatic carbocycles. The zero-order valence-corrected chi connectivity index (χ0v) is 60.8. The molecule has 0 fully saturated rings. The Kier molecular flexibility index (Phi) is 19.5. The quantitative estimate of drug-likeness (QED) is 0.0400. The fourth-order valence-electron chi connectivity index (χ4n) is 14.3. The van der Waals surface area contributed by atoms with Gasteiger partial charge in [-0.05, 0) is 165 Å². The molecule has 0 saturated carbocycles. The Balaban J connectivity index is 0.900. The maximum absolute atomic E-state index is 14.3. The topological polar surface area (TPSA) is 186 Å². The molecule has 0 atom stereocenters. The van der Waals surface area contributed by atoms with Crippen molar-refractivity contribution in [1.82, 2.24) is 24.1 Å². The summed E-state index contributed by atoms with van der Waals surface area (Å²) in [6, 6.07) is 103. The third-order valence-corrected chi connectivity index (χ3v) is 20.1. The molecular weight excluding hydrogens is 1420 g/mol. The predicted molar refractivity (Wildman–Crippen MR) is 441 cm³/mol. The Bertz CT molecular complexity index is 6180. The van der Waals surface area contributed by atoms with Crippen LogP contribution in [0.15, 0.2) is 328 Å². The number of para-hydroxylation sites is 1. The molecule has 0 unspecified atom stereocenters. The first-order valence-corrected chi connectivity index (χ1v) is 36.6. The fraction of sp³-hybridized carbons (Fsp3) is 0.0408. The number of nitrogens with zero attached hydrogens (tertiary/aromatic N) is 8. The first-order valence-electron chi connectivity index (χ1n) is 36.6. The van der Waals surface area contributed by atoms with Gasteiger partial charge < -0.3 is 28.1 Å². The molecule has 0 bridgehead atoms. The second kappa shape index (κ2) is 31.3. The molecule has 0 saturated heterocycles. The number of hydrogen-bond donors (Lipinski definition) is 0. The number of aromatic nitrogens is 5. The van der Waals surface area contributed by atoms with Gasteiger partial charge in [0.25, 0.3) is 0 Å². The van der Waals surface area contributed by atoms with Crippen molar-refractivity contribution in [1.29, 1.82) is 5.26 Å². The van der Waals surface area contributed by atoms with Crippen molar-refractivity contribution in [3.63, 3.8) is 0 Å². The van der Waals surface area contributed by atoms with E-state index in [1.165, 1.54) is 0 Å². The van der Waals surface area contributed by atoms with E-state index in [2.05, 4.69) is 24.9 Å². The van der Waals surface area contributed by atoms with Crippen LogP contribution in [0.25, 0.3) is 132 Å². The maximum Gasteiger partial charge on any atom is 0.338 e. The van der Waals surface area contributed by atoms with Crippen LogP contribution in [-0.4, -0.2) is 48.0 Å². The van der Waals surface area contributed by atoms with Gasteiger partial charge in [0.15, 0.2) is 28.8 Å². The highest BCUT2D eigenvalue weighted by molar-refractivity contribution is 6.15. The molecule has 17 rings (SSSR count). The second-order valence-corrected chi connectivity index (χ2v) is 27.2. The SMILES string of the molecule is [C-]#[N+]c1ccc(-c2ccc(-c3nc(-c4ccc(-c5ccccc5[N+]#[C-])cc4)nc(-c4ccc(-c5ccc(C#N)cc5)cc4-n4c5ccc(C(=O)OCc6ccccc6)cc5c5cc(C(=O)OCc6ccccc6)ccc54)n3)c(-n3c4ccc(C(=O)OCc5ccccc5)cc4c4cc(C(=O)OCc5ccccc5)ccc43)c2)cc1. The van der Waals surface area contributed by atoms with E-state index in [1.54, 1.807) is 78.9 Å². The van der Waals surface area contributed by atoms with Crippen LogP contribution in [0.4, 0.5) is 11.4 Å². The lowest BCUT2D eigenvalue weighted by atomic mass is 9.99. The van der Waals surface area contributed by atoms with Crippen molar-refractivity contribution < 1.29 is 38.1 Å². The molecule has 3 heterocycles. The highest BCUT2D eigenvalue weighted by atomic mass is 16.5. The average Bonchev–Trinajstić information content (AvgIpc) is 1.56. The minimum atomic E-state index is -0.559. The molecule has 114 heavy (non-hydrogen) atoms. The van der Waals surface area contributed by atoms with Crippen molar-refractivity contribution in [2.45, 2.75) is 26.4 Å². The monoisotopic (exact) mass is 1480 g/mol. The van der Waals surface area contributed by atoms with Crippen LogP contribution < -0.4 is 0 Å². The molecule has 0 spiro atoms. The van der Waals surface area contributed by atoms with E-state index < -0.39 is 23.9 Å². The Hall–Kier alpha value is -16.0. The number of carbonyl (C=O) groups excluding carboxylic acids is 4. The van der Waals surface area contributed by atoms with Gasteiger partial charge in [0, 0.05) is 38.2 Å². The van der Waals surface area contributed by atoms with Gasteiger partial charge in [-0.1, -0.05) is 218 Å². The highest BCUT2D eigenvalue weighted by Gasteiger charge is 2.27. The van der Waals surface area contributed by atoms with Crippen LogP contribution >= 0.6 is 0 Å². The van der Waals surface area contributed by atoms with Gasteiger partial charge in [-0.15, -0.1) is 0 Å². The lowest BCUT2D eigenvalue weighted by Crippen LogP contribution is -2.07. The molecule has 0 aliphatic heterocycles. The van der Waals surface area contributed by atoms with Gasteiger partial charge in [-0.25, -0.2) is 43.8 Å². The number of nitriles is 1. The summed E-state index contributed by atoms with van der Waals surface area (Å²) in [5.74, 6) is -1.52. The predicted octanol–water partition coefficient (Wildman–Crippen LogP) is 22.5. The molecule has 16 heteroatoms.